The average molecular weight is 534 g/mol. The fraction of sp³-hybridized carbons (Fsp3) is 0.280. The zero-order chi connectivity index (χ0) is 20.5. The summed E-state index contributed by atoms with van der Waals surface area (Å²) >= 11 is 4.15. The summed E-state index contributed by atoms with van der Waals surface area (Å²) in [5.74, 6) is 0.997. The van der Waals surface area contributed by atoms with E-state index in [1.807, 2.05) is 0 Å². The van der Waals surface area contributed by atoms with Gasteiger partial charge in [-0.2, -0.15) is 0 Å². The topological polar surface area (TPSA) is 9.23 Å². The summed E-state index contributed by atoms with van der Waals surface area (Å²) in [6.07, 6.45) is 4.81. The van der Waals surface area contributed by atoms with Gasteiger partial charge in [0.2, 0.25) is 0 Å². The Bertz CT molecular complexity index is 880. The van der Waals surface area contributed by atoms with Gasteiger partial charge in [-0.05, 0) is 0 Å². The number of hydrogen-bond donors (Lipinski definition) is 0. The van der Waals surface area contributed by atoms with Crippen LogP contribution in [0.4, 0.5) is 0 Å². The first-order valence-corrected chi connectivity index (χ1v) is 17.7. The van der Waals surface area contributed by atoms with Crippen LogP contribution in [-0.4, -0.2) is 46.9 Å². The molecule has 0 aromatic heterocycles. The molecule has 29 heavy (non-hydrogen) atoms. The molecule has 0 aliphatic heterocycles. The molecule has 152 valence electrons. The summed E-state index contributed by atoms with van der Waals surface area (Å²) in [4.78, 5) is 0. The van der Waals surface area contributed by atoms with E-state index in [2.05, 4.69) is 114 Å². The Morgan fingerprint density at radius 1 is 0.828 bits per heavy atom. The van der Waals surface area contributed by atoms with E-state index in [0.717, 1.165) is 18.6 Å². The summed E-state index contributed by atoms with van der Waals surface area (Å²) in [6, 6.07) is 30.2. The van der Waals surface area contributed by atoms with Crippen LogP contribution in [0.3, 0.4) is 0 Å². The SMILES string of the molecule is Cc1cccc(OC(C)[Se]P(=[Se])(CCc2ccccc2)CCc2ccccc2)c1. The van der Waals surface area contributed by atoms with Crippen LogP contribution < -0.4 is 4.74 Å². The molecule has 0 heterocycles. The molecule has 0 saturated heterocycles. The van der Waals surface area contributed by atoms with Gasteiger partial charge in [-0.3, -0.25) is 0 Å². The Labute approximate surface area is 189 Å². The first-order chi connectivity index (χ1) is 14.0. The van der Waals surface area contributed by atoms with E-state index < -0.39 is 4.20 Å². The third-order valence-corrected chi connectivity index (χ3v) is 19.2. The molecular weight excluding hydrogens is 505 g/mol. The molecule has 0 aliphatic carbocycles. The van der Waals surface area contributed by atoms with Gasteiger partial charge in [-0.25, -0.2) is 0 Å². The van der Waals surface area contributed by atoms with Gasteiger partial charge in [0.15, 0.2) is 0 Å². The monoisotopic (exact) mass is 536 g/mol. The Hall–Kier alpha value is -1.07. The summed E-state index contributed by atoms with van der Waals surface area (Å²) in [5, 5.41) is 0.269. The first-order valence-electron chi connectivity index (χ1n) is 10.1. The maximum atomic E-state index is 6.33. The molecule has 0 N–H and O–H groups in total. The molecule has 4 heteroatoms. The van der Waals surface area contributed by atoms with Crippen molar-refractivity contribution in [2.24, 2.45) is 0 Å². The van der Waals surface area contributed by atoms with Crippen molar-refractivity contribution >= 4 is 33.8 Å². The average Bonchev–Trinajstić information content (AvgIpc) is 2.72. The molecule has 0 radical (unpaired) electrons. The van der Waals surface area contributed by atoms with E-state index in [1.165, 1.54) is 29.0 Å². The Kier molecular flexibility index (Phi) is 8.85. The van der Waals surface area contributed by atoms with Gasteiger partial charge in [-0.15, -0.1) is 0 Å². The fourth-order valence-electron chi connectivity index (χ4n) is 3.28. The van der Waals surface area contributed by atoms with Crippen molar-refractivity contribution in [1.82, 2.24) is 0 Å². The van der Waals surface area contributed by atoms with Crippen LogP contribution in [0.1, 0.15) is 23.6 Å². The van der Waals surface area contributed by atoms with Gasteiger partial charge < -0.3 is 0 Å². The van der Waals surface area contributed by atoms with Crippen LogP contribution >= 0.6 is 4.20 Å². The van der Waals surface area contributed by atoms with Crippen molar-refractivity contribution in [3.8, 4) is 5.75 Å². The van der Waals surface area contributed by atoms with Gasteiger partial charge in [0.1, 0.15) is 0 Å². The number of ether oxygens (including phenoxy) is 1. The zero-order valence-electron chi connectivity index (χ0n) is 17.2. The molecular formula is C25H29OPSe2. The number of hydrogen-bond acceptors (Lipinski definition) is 1. The van der Waals surface area contributed by atoms with Gasteiger partial charge in [-0.1, -0.05) is 0 Å². The quantitative estimate of drug-likeness (QED) is 0.232. The summed E-state index contributed by atoms with van der Waals surface area (Å²) in [6.45, 7) is 4.37. The van der Waals surface area contributed by atoms with Crippen molar-refractivity contribution in [2.75, 3.05) is 12.3 Å². The molecule has 0 aliphatic rings. The van der Waals surface area contributed by atoms with Crippen LogP contribution in [0.25, 0.3) is 0 Å². The molecule has 3 rings (SSSR count). The maximum absolute atomic E-state index is 6.33. The van der Waals surface area contributed by atoms with Crippen LogP contribution in [0, 0.1) is 6.92 Å². The Morgan fingerprint density at radius 2 is 1.38 bits per heavy atom. The van der Waals surface area contributed by atoms with E-state index in [4.69, 9.17) is 4.74 Å². The summed E-state index contributed by atoms with van der Waals surface area (Å²) < 4.78 is 5.14. The minimum absolute atomic E-state index is 0.269. The van der Waals surface area contributed by atoms with Crippen LogP contribution in [-0.2, 0) is 12.8 Å². The molecule has 3 aromatic rings. The zero-order valence-corrected chi connectivity index (χ0v) is 21.5. The van der Waals surface area contributed by atoms with Gasteiger partial charge >= 0.3 is 190 Å². The molecule has 0 spiro atoms. The summed E-state index contributed by atoms with van der Waals surface area (Å²) in [7, 11) is 0. The third-order valence-electron chi connectivity index (χ3n) is 4.80. The van der Waals surface area contributed by atoms with E-state index in [-0.39, 0.29) is 5.00 Å². The second kappa shape index (κ2) is 11.4. The number of benzene rings is 3. The van der Waals surface area contributed by atoms with Crippen molar-refractivity contribution in [2.45, 2.75) is 31.7 Å². The van der Waals surface area contributed by atoms with Crippen molar-refractivity contribution < 1.29 is 4.74 Å². The molecule has 0 bridgehead atoms. The van der Waals surface area contributed by atoms with Crippen LogP contribution in [0.15, 0.2) is 84.9 Å². The molecule has 0 fully saturated rings. The molecule has 0 amide bonds. The predicted molar refractivity (Wildman–Crippen MR) is 130 cm³/mol. The van der Waals surface area contributed by atoms with Crippen LogP contribution in [0.2, 0.25) is 0 Å². The molecule has 1 atom stereocenters. The normalized spacial score (nSPS) is 12.5. The summed E-state index contributed by atoms with van der Waals surface area (Å²) in [5.41, 5.74) is 4.13. The Balaban J connectivity index is 1.67. The molecule has 1 unspecified atom stereocenters. The van der Waals surface area contributed by atoms with Crippen molar-refractivity contribution in [3.63, 3.8) is 0 Å². The first kappa shape index (κ1) is 22.6. The predicted octanol–water partition coefficient (Wildman–Crippen LogP) is 5.93. The van der Waals surface area contributed by atoms with E-state index in [9.17, 15) is 0 Å². The third kappa shape index (κ3) is 7.93. The Morgan fingerprint density at radius 3 is 1.90 bits per heavy atom. The van der Waals surface area contributed by atoms with Gasteiger partial charge in [0.05, 0.1) is 0 Å². The van der Waals surface area contributed by atoms with Crippen molar-refractivity contribution in [3.05, 3.63) is 102 Å². The van der Waals surface area contributed by atoms with E-state index >= 15 is 0 Å². The number of aryl methyl sites for hydroxylation is 3. The van der Waals surface area contributed by atoms with Crippen molar-refractivity contribution in [1.29, 1.82) is 0 Å². The van der Waals surface area contributed by atoms with Crippen LogP contribution in [0.5, 0.6) is 5.75 Å². The van der Waals surface area contributed by atoms with E-state index in [0.29, 0.717) is 14.5 Å². The van der Waals surface area contributed by atoms with Gasteiger partial charge in [0.25, 0.3) is 0 Å². The molecule has 1 nitrogen and oxygen atoms in total. The van der Waals surface area contributed by atoms with E-state index in [1.54, 1.807) is 0 Å². The standard InChI is InChI=1S/C25H29OPSe2/c1-21-10-9-15-25(20-21)26-22(2)29-27(28,18-16-23-11-5-3-6-12-23)19-17-24-13-7-4-8-14-24/h3-15,20,22H,16-19H2,1-2H3. The number of rotatable bonds is 10. The second-order valence-electron chi connectivity index (χ2n) is 7.34. The fourth-order valence-corrected chi connectivity index (χ4v) is 17.0. The minimum atomic E-state index is -1.19. The second-order valence-corrected chi connectivity index (χ2v) is 25.1. The van der Waals surface area contributed by atoms with Gasteiger partial charge in [0, 0.05) is 0 Å². The molecule has 3 aromatic carbocycles. The molecule has 0 saturated carbocycles.